The van der Waals surface area contributed by atoms with Crippen LogP contribution in [-0.4, -0.2) is 57.0 Å². The van der Waals surface area contributed by atoms with Crippen LogP contribution in [0.1, 0.15) is 30.1 Å². The average Bonchev–Trinajstić information content (AvgIpc) is 2.93. The number of benzene rings is 1. The summed E-state index contributed by atoms with van der Waals surface area (Å²) in [7, 11) is -1.22. The number of fused-ring (bicyclic) bond motifs is 1. The highest BCUT2D eigenvalue weighted by Crippen LogP contribution is 2.34. The van der Waals surface area contributed by atoms with Gasteiger partial charge in [-0.05, 0) is 44.6 Å². The van der Waals surface area contributed by atoms with Crippen molar-refractivity contribution in [1.29, 1.82) is 0 Å². The van der Waals surface area contributed by atoms with Crippen LogP contribution in [0.4, 0.5) is 4.79 Å². The van der Waals surface area contributed by atoms with Crippen molar-refractivity contribution in [1.82, 2.24) is 14.2 Å². The largest absolute Gasteiger partial charge is 0.449 e. The minimum absolute atomic E-state index is 0.157. The van der Waals surface area contributed by atoms with Gasteiger partial charge in [0.2, 0.25) is 10.0 Å². The van der Waals surface area contributed by atoms with Gasteiger partial charge in [-0.2, -0.15) is 0 Å². The molecule has 3 rings (SSSR count). The third kappa shape index (κ3) is 4.84. The van der Waals surface area contributed by atoms with Crippen molar-refractivity contribution in [3.63, 3.8) is 0 Å². The Kier molecular flexibility index (Phi) is 6.26. The molecule has 154 valence electrons. The first-order chi connectivity index (χ1) is 13.3. The van der Waals surface area contributed by atoms with E-state index in [1.807, 2.05) is 18.2 Å². The number of carbonyl (C=O) groups is 1. The molecule has 1 aromatic heterocycles. The molecule has 8 nitrogen and oxygen atoms in total. The van der Waals surface area contributed by atoms with Crippen LogP contribution in [0.15, 0.2) is 24.3 Å². The first-order valence-electron chi connectivity index (χ1n) is 9.42. The molecule has 0 saturated carbocycles. The van der Waals surface area contributed by atoms with Crippen LogP contribution >= 0.6 is 0 Å². The summed E-state index contributed by atoms with van der Waals surface area (Å²) < 4.78 is 33.3. The number of para-hydroxylation sites is 1. The molecule has 1 aromatic carbocycles. The Morgan fingerprint density at radius 2 is 1.96 bits per heavy atom. The normalized spacial score (nSPS) is 16.5. The van der Waals surface area contributed by atoms with Gasteiger partial charge in [-0.1, -0.05) is 18.2 Å². The van der Waals surface area contributed by atoms with Crippen molar-refractivity contribution in [2.75, 3.05) is 33.0 Å². The molecule has 2 heterocycles. The summed E-state index contributed by atoms with van der Waals surface area (Å²) in [5.41, 5.74) is 8.11. The number of nitrogens with zero attached hydrogens (tertiary/aromatic N) is 2. The van der Waals surface area contributed by atoms with E-state index < -0.39 is 16.1 Å². The third-order valence-electron chi connectivity index (χ3n) is 5.28. The van der Waals surface area contributed by atoms with Crippen LogP contribution in [0.2, 0.25) is 0 Å². The highest BCUT2D eigenvalue weighted by molar-refractivity contribution is 7.88. The fraction of sp³-hybridized carbons (Fsp3) is 0.526. The Bertz CT molecular complexity index is 946. The predicted molar refractivity (Wildman–Crippen MR) is 109 cm³/mol. The molecule has 9 heteroatoms. The monoisotopic (exact) mass is 408 g/mol. The van der Waals surface area contributed by atoms with Crippen LogP contribution in [0, 0.1) is 0 Å². The van der Waals surface area contributed by atoms with Crippen LogP contribution in [0.25, 0.3) is 10.9 Å². The fourth-order valence-corrected chi connectivity index (χ4v) is 4.38. The summed E-state index contributed by atoms with van der Waals surface area (Å²) >= 11 is 0. The van der Waals surface area contributed by atoms with Gasteiger partial charge in [-0.25, -0.2) is 17.9 Å². The molecule has 0 spiro atoms. The summed E-state index contributed by atoms with van der Waals surface area (Å²) in [6, 6.07) is 8.34. The first-order valence-corrected chi connectivity index (χ1v) is 11.3. The second-order valence-corrected chi connectivity index (χ2v) is 9.19. The van der Waals surface area contributed by atoms with E-state index in [0.29, 0.717) is 12.5 Å². The van der Waals surface area contributed by atoms with Crippen LogP contribution in [0.5, 0.6) is 0 Å². The first kappa shape index (κ1) is 20.6. The van der Waals surface area contributed by atoms with Gasteiger partial charge < -0.3 is 19.9 Å². The van der Waals surface area contributed by atoms with Crippen molar-refractivity contribution in [3.8, 4) is 0 Å². The maximum absolute atomic E-state index is 11.7. The maximum Gasteiger partial charge on any atom is 0.404 e. The van der Waals surface area contributed by atoms with E-state index in [2.05, 4.69) is 27.3 Å². The van der Waals surface area contributed by atoms with Gasteiger partial charge in [0.1, 0.15) is 0 Å². The van der Waals surface area contributed by atoms with Crippen molar-refractivity contribution in [2.45, 2.75) is 31.8 Å². The van der Waals surface area contributed by atoms with Gasteiger partial charge >= 0.3 is 6.09 Å². The van der Waals surface area contributed by atoms with Gasteiger partial charge in [-0.3, -0.25) is 0 Å². The van der Waals surface area contributed by atoms with E-state index in [4.69, 9.17) is 10.5 Å². The van der Waals surface area contributed by atoms with Gasteiger partial charge in [0, 0.05) is 35.6 Å². The Hall–Kier alpha value is -2.10. The van der Waals surface area contributed by atoms with Crippen molar-refractivity contribution >= 4 is 27.0 Å². The second kappa shape index (κ2) is 8.50. The Labute approximate surface area is 165 Å². The lowest BCUT2D eigenvalue weighted by Gasteiger charge is -2.32. The zero-order chi connectivity index (χ0) is 20.3. The van der Waals surface area contributed by atoms with Gasteiger partial charge in [0.05, 0.1) is 12.9 Å². The van der Waals surface area contributed by atoms with E-state index >= 15 is 0 Å². The standard InChI is InChI=1S/C19H28N4O4S/c1-22-10-7-14(8-11-22)23-17-6-4-3-5-15(17)16(13-21-28(2,25)26)18(23)9-12-27-19(20)24/h3-6,14,21H,7-13H2,1-2H3,(H2,20,24). The van der Waals surface area contributed by atoms with Gasteiger partial charge in [0.25, 0.3) is 0 Å². The summed E-state index contributed by atoms with van der Waals surface area (Å²) in [5.74, 6) is 0. The number of primary amides is 1. The quantitative estimate of drug-likeness (QED) is 0.724. The summed E-state index contributed by atoms with van der Waals surface area (Å²) in [6.45, 7) is 2.37. The van der Waals surface area contributed by atoms with Crippen LogP contribution < -0.4 is 10.5 Å². The molecule has 1 amide bonds. The number of nitrogens with two attached hydrogens (primary N) is 1. The van der Waals surface area contributed by atoms with E-state index in [0.717, 1.165) is 54.3 Å². The summed E-state index contributed by atoms with van der Waals surface area (Å²) in [5, 5.41) is 1.02. The number of rotatable bonds is 7. The molecule has 1 aliphatic heterocycles. The predicted octanol–water partition coefficient (Wildman–Crippen LogP) is 1.60. The number of carbonyl (C=O) groups excluding carboxylic acids is 1. The molecule has 1 aliphatic rings. The number of likely N-dealkylation sites (tertiary alicyclic amines) is 1. The number of hydrogen-bond acceptors (Lipinski definition) is 5. The molecule has 1 fully saturated rings. The molecular weight excluding hydrogens is 380 g/mol. The zero-order valence-electron chi connectivity index (χ0n) is 16.3. The SMILES string of the molecule is CN1CCC(n2c(CCOC(N)=O)c(CNS(C)(=O)=O)c3ccccc32)CC1. The van der Waals surface area contributed by atoms with E-state index in [1.165, 1.54) is 0 Å². The smallest absolute Gasteiger partial charge is 0.404 e. The minimum Gasteiger partial charge on any atom is -0.449 e. The zero-order valence-corrected chi connectivity index (χ0v) is 17.2. The molecule has 3 N–H and O–H groups in total. The fourth-order valence-electron chi connectivity index (χ4n) is 3.98. The molecule has 0 bridgehead atoms. The molecule has 0 radical (unpaired) electrons. The minimum atomic E-state index is -3.34. The van der Waals surface area contributed by atoms with Crippen LogP contribution in [-0.2, 0) is 27.7 Å². The molecule has 2 aromatic rings. The number of aromatic nitrogens is 1. The third-order valence-corrected chi connectivity index (χ3v) is 5.94. The molecule has 28 heavy (non-hydrogen) atoms. The maximum atomic E-state index is 11.7. The lowest BCUT2D eigenvalue weighted by atomic mass is 10.0. The number of nitrogens with one attached hydrogen (secondary N) is 1. The summed E-state index contributed by atoms with van der Waals surface area (Å²) in [6.07, 6.45) is 2.84. The average molecular weight is 409 g/mol. The van der Waals surface area contributed by atoms with E-state index in [1.54, 1.807) is 0 Å². The number of sulfonamides is 1. The van der Waals surface area contributed by atoms with Crippen molar-refractivity contribution in [3.05, 3.63) is 35.5 Å². The van der Waals surface area contributed by atoms with Gasteiger partial charge in [-0.15, -0.1) is 0 Å². The van der Waals surface area contributed by atoms with Crippen molar-refractivity contribution in [2.24, 2.45) is 5.73 Å². The number of ether oxygens (including phenoxy) is 1. The van der Waals surface area contributed by atoms with Gasteiger partial charge in [0.15, 0.2) is 0 Å². The molecular formula is C19H28N4O4S. The molecule has 0 atom stereocenters. The van der Waals surface area contributed by atoms with Crippen molar-refractivity contribution < 1.29 is 17.9 Å². The molecule has 0 unspecified atom stereocenters. The molecule has 0 aliphatic carbocycles. The van der Waals surface area contributed by atoms with E-state index in [9.17, 15) is 13.2 Å². The Morgan fingerprint density at radius 3 is 2.61 bits per heavy atom. The lowest BCUT2D eigenvalue weighted by molar-refractivity contribution is 0.157. The number of piperidine rings is 1. The van der Waals surface area contributed by atoms with E-state index in [-0.39, 0.29) is 13.2 Å². The lowest BCUT2D eigenvalue weighted by Crippen LogP contribution is -2.32. The number of hydrogen-bond donors (Lipinski definition) is 2. The highest BCUT2D eigenvalue weighted by atomic mass is 32.2. The number of amides is 1. The Morgan fingerprint density at radius 1 is 1.29 bits per heavy atom. The molecule has 1 saturated heterocycles. The highest BCUT2D eigenvalue weighted by Gasteiger charge is 2.25. The topological polar surface area (TPSA) is 107 Å². The Balaban J connectivity index is 2.05. The second-order valence-electron chi connectivity index (χ2n) is 7.36. The summed E-state index contributed by atoms with van der Waals surface area (Å²) in [4.78, 5) is 13.3. The van der Waals surface area contributed by atoms with Crippen LogP contribution in [0.3, 0.4) is 0 Å².